The molecule has 0 saturated carbocycles. The standard InChI is InChI=1S/C27H24N2O3S2/c1-19-4-3-5-21(16-19)18-34(31)24-13-6-20(7-14-24)8-15-26(30)29-27-28-25(17-33-27)22-9-11-23(32-2)12-10-22/h3-17H,18H2,1-2H3,(H,28,29,30)/b15-8+. The summed E-state index contributed by atoms with van der Waals surface area (Å²) in [5.74, 6) is 0.997. The molecule has 1 aromatic heterocycles. The molecule has 1 unspecified atom stereocenters. The Kier molecular flexibility index (Phi) is 7.67. The number of nitrogens with zero attached hydrogens (tertiary/aromatic N) is 1. The van der Waals surface area contributed by atoms with Gasteiger partial charge in [0.2, 0.25) is 5.91 Å². The number of rotatable bonds is 8. The van der Waals surface area contributed by atoms with Gasteiger partial charge in [0.1, 0.15) is 5.75 Å². The van der Waals surface area contributed by atoms with Crippen LogP contribution in [0.15, 0.2) is 89.1 Å². The molecule has 1 amide bonds. The van der Waals surface area contributed by atoms with Gasteiger partial charge in [0.05, 0.1) is 29.4 Å². The van der Waals surface area contributed by atoms with Crippen LogP contribution in [0.4, 0.5) is 5.13 Å². The Labute approximate surface area is 205 Å². The van der Waals surface area contributed by atoms with Gasteiger partial charge in [-0.25, -0.2) is 4.98 Å². The number of aromatic nitrogens is 1. The zero-order chi connectivity index (χ0) is 23.9. The monoisotopic (exact) mass is 488 g/mol. The van der Waals surface area contributed by atoms with Crippen LogP contribution in [-0.2, 0) is 21.3 Å². The molecule has 7 heteroatoms. The molecule has 0 bridgehead atoms. The Balaban J connectivity index is 1.33. The molecule has 0 fully saturated rings. The third-order valence-electron chi connectivity index (χ3n) is 5.07. The van der Waals surface area contributed by atoms with Gasteiger partial charge in [0, 0.05) is 21.9 Å². The molecular weight excluding hydrogens is 464 g/mol. The fourth-order valence-electron chi connectivity index (χ4n) is 3.31. The van der Waals surface area contributed by atoms with Crippen LogP contribution in [0.3, 0.4) is 0 Å². The number of hydrogen-bond donors (Lipinski definition) is 1. The second-order valence-corrected chi connectivity index (χ2v) is 9.95. The number of hydrogen-bond acceptors (Lipinski definition) is 5. The highest BCUT2D eigenvalue weighted by atomic mass is 32.2. The molecule has 3 aromatic carbocycles. The van der Waals surface area contributed by atoms with Crippen molar-refractivity contribution in [1.82, 2.24) is 4.98 Å². The van der Waals surface area contributed by atoms with Crippen LogP contribution in [0.25, 0.3) is 17.3 Å². The number of anilines is 1. The first kappa shape index (κ1) is 23.6. The van der Waals surface area contributed by atoms with Crippen LogP contribution in [-0.4, -0.2) is 22.2 Å². The molecule has 0 aliphatic carbocycles. The van der Waals surface area contributed by atoms with Gasteiger partial charge < -0.3 is 4.74 Å². The maximum absolute atomic E-state index is 12.7. The summed E-state index contributed by atoms with van der Waals surface area (Å²) in [6, 6.07) is 23.0. The number of carbonyl (C=O) groups is 1. The maximum atomic E-state index is 12.7. The lowest BCUT2D eigenvalue weighted by Gasteiger charge is -2.04. The Morgan fingerprint density at radius 3 is 2.56 bits per heavy atom. The Morgan fingerprint density at radius 2 is 1.85 bits per heavy atom. The lowest BCUT2D eigenvalue weighted by atomic mass is 10.2. The van der Waals surface area contributed by atoms with E-state index < -0.39 is 10.8 Å². The number of aryl methyl sites for hydroxylation is 1. The van der Waals surface area contributed by atoms with Gasteiger partial charge in [-0.3, -0.25) is 14.3 Å². The highest BCUT2D eigenvalue weighted by Gasteiger charge is 2.08. The first-order chi connectivity index (χ1) is 16.5. The van der Waals surface area contributed by atoms with Crippen molar-refractivity contribution < 1.29 is 13.7 Å². The fourth-order valence-corrected chi connectivity index (χ4v) is 5.12. The second kappa shape index (κ2) is 11.0. The van der Waals surface area contributed by atoms with Gasteiger partial charge in [-0.1, -0.05) is 42.0 Å². The van der Waals surface area contributed by atoms with E-state index in [0.717, 1.165) is 38.6 Å². The molecule has 1 heterocycles. The van der Waals surface area contributed by atoms with Gasteiger partial charge in [0.15, 0.2) is 5.13 Å². The molecule has 0 spiro atoms. The fraction of sp³-hybridized carbons (Fsp3) is 0.111. The average Bonchev–Trinajstić information content (AvgIpc) is 3.31. The zero-order valence-electron chi connectivity index (χ0n) is 18.9. The minimum atomic E-state index is -1.12. The summed E-state index contributed by atoms with van der Waals surface area (Å²) in [5.41, 5.74) is 4.80. The van der Waals surface area contributed by atoms with Gasteiger partial charge in [-0.2, -0.15) is 0 Å². The summed E-state index contributed by atoms with van der Waals surface area (Å²) >= 11 is 1.37. The first-order valence-electron chi connectivity index (χ1n) is 10.6. The number of nitrogens with one attached hydrogen (secondary N) is 1. The largest absolute Gasteiger partial charge is 0.497 e. The van der Waals surface area contributed by atoms with Gasteiger partial charge in [0.25, 0.3) is 0 Å². The van der Waals surface area contributed by atoms with Crippen molar-refractivity contribution in [3.63, 3.8) is 0 Å². The predicted octanol–water partition coefficient (Wildman–Crippen LogP) is 6.09. The van der Waals surface area contributed by atoms with Gasteiger partial charge in [-0.15, -0.1) is 11.3 Å². The third kappa shape index (κ3) is 6.27. The average molecular weight is 489 g/mol. The molecule has 0 radical (unpaired) electrons. The van der Waals surface area contributed by atoms with Crippen molar-refractivity contribution >= 4 is 39.3 Å². The molecule has 4 rings (SSSR count). The van der Waals surface area contributed by atoms with Gasteiger partial charge in [-0.05, 0) is 60.5 Å². The number of methoxy groups -OCH3 is 1. The minimum Gasteiger partial charge on any atom is -0.497 e. The summed E-state index contributed by atoms with van der Waals surface area (Å²) in [4.78, 5) is 17.6. The van der Waals surface area contributed by atoms with E-state index in [1.165, 1.54) is 17.4 Å². The summed E-state index contributed by atoms with van der Waals surface area (Å²) in [6.45, 7) is 2.03. The van der Waals surface area contributed by atoms with Crippen molar-refractivity contribution in [2.45, 2.75) is 17.6 Å². The number of ether oxygens (including phenoxy) is 1. The molecule has 0 aliphatic heterocycles. The van der Waals surface area contributed by atoms with E-state index in [2.05, 4.69) is 16.4 Å². The van der Waals surface area contributed by atoms with Crippen molar-refractivity contribution in [3.8, 4) is 17.0 Å². The van der Waals surface area contributed by atoms with Crippen LogP contribution in [0.2, 0.25) is 0 Å². The first-order valence-corrected chi connectivity index (χ1v) is 12.8. The molecule has 4 aromatic rings. The lowest BCUT2D eigenvalue weighted by molar-refractivity contribution is -0.111. The normalized spacial score (nSPS) is 11.9. The lowest BCUT2D eigenvalue weighted by Crippen LogP contribution is -2.07. The highest BCUT2D eigenvalue weighted by molar-refractivity contribution is 7.84. The van der Waals surface area contributed by atoms with Crippen LogP contribution in [0, 0.1) is 6.92 Å². The molecule has 5 nitrogen and oxygen atoms in total. The number of amides is 1. The third-order valence-corrected chi connectivity index (χ3v) is 7.22. The predicted molar refractivity (Wildman–Crippen MR) is 139 cm³/mol. The van der Waals surface area contributed by atoms with E-state index in [1.807, 2.05) is 79.0 Å². The van der Waals surface area contributed by atoms with Crippen molar-refractivity contribution in [1.29, 1.82) is 0 Å². The van der Waals surface area contributed by atoms with Gasteiger partial charge >= 0.3 is 0 Å². The quantitative estimate of drug-likeness (QED) is 0.305. The molecular formula is C27H24N2O3S2. The van der Waals surface area contributed by atoms with Crippen LogP contribution < -0.4 is 10.1 Å². The number of benzene rings is 3. The smallest absolute Gasteiger partial charge is 0.250 e. The molecule has 1 atom stereocenters. The Bertz CT molecular complexity index is 1330. The van der Waals surface area contributed by atoms with E-state index in [9.17, 15) is 9.00 Å². The molecule has 0 aliphatic rings. The van der Waals surface area contributed by atoms with Crippen molar-refractivity contribution in [2.24, 2.45) is 0 Å². The van der Waals surface area contributed by atoms with Crippen LogP contribution >= 0.6 is 11.3 Å². The summed E-state index contributed by atoms with van der Waals surface area (Å²) in [6.07, 6.45) is 3.19. The van der Waals surface area contributed by atoms with E-state index in [1.54, 1.807) is 13.2 Å². The van der Waals surface area contributed by atoms with E-state index >= 15 is 0 Å². The van der Waals surface area contributed by atoms with Crippen LogP contribution in [0.1, 0.15) is 16.7 Å². The highest BCUT2D eigenvalue weighted by Crippen LogP contribution is 2.26. The zero-order valence-corrected chi connectivity index (χ0v) is 20.5. The number of thiazole rings is 1. The van der Waals surface area contributed by atoms with E-state index in [-0.39, 0.29) is 5.91 Å². The summed E-state index contributed by atoms with van der Waals surface area (Å²) in [7, 11) is 0.503. The Hall–Kier alpha value is -3.55. The molecule has 172 valence electrons. The summed E-state index contributed by atoms with van der Waals surface area (Å²) in [5, 5.41) is 5.22. The Morgan fingerprint density at radius 1 is 1.09 bits per heavy atom. The van der Waals surface area contributed by atoms with E-state index in [4.69, 9.17) is 4.74 Å². The molecule has 1 N–H and O–H groups in total. The number of carbonyl (C=O) groups excluding carboxylic acids is 1. The molecule has 34 heavy (non-hydrogen) atoms. The van der Waals surface area contributed by atoms with E-state index in [0.29, 0.717) is 10.9 Å². The minimum absolute atomic E-state index is 0.261. The molecule has 0 saturated heterocycles. The topological polar surface area (TPSA) is 68.3 Å². The SMILES string of the molecule is COc1ccc(-c2csc(NC(=O)/C=C/c3ccc(S(=O)Cc4cccc(C)c4)cc3)n2)cc1. The maximum Gasteiger partial charge on any atom is 0.250 e. The van der Waals surface area contributed by atoms with Crippen molar-refractivity contribution in [2.75, 3.05) is 12.4 Å². The van der Waals surface area contributed by atoms with Crippen molar-refractivity contribution in [3.05, 3.63) is 101 Å². The van der Waals surface area contributed by atoms with Crippen LogP contribution in [0.5, 0.6) is 5.75 Å². The summed E-state index contributed by atoms with van der Waals surface area (Å²) < 4.78 is 17.8. The second-order valence-electron chi connectivity index (χ2n) is 7.64.